The van der Waals surface area contributed by atoms with Gasteiger partial charge in [-0.3, -0.25) is 0 Å². The molecule has 3 nitrogen and oxygen atoms in total. The summed E-state index contributed by atoms with van der Waals surface area (Å²) in [6.07, 6.45) is 2.52. The molecule has 1 N–H and O–H groups in total. The molecule has 0 aliphatic carbocycles. The van der Waals surface area contributed by atoms with Crippen LogP contribution in [0, 0.1) is 0 Å². The van der Waals surface area contributed by atoms with Gasteiger partial charge in [-0.2, -0.15) is 0 Å². The van der Waals surface area contributed by atoms with Gasteiger partial charge in [0.2, 0.25) is 0 Å². The molecule has 78 valence electrons. The zero-order valence-corrected chi connectivity index (χ0v) is 8.71. The SMILES string of the molecule is CC(C)NCCCOC1CCOC1. The Bertz CT molecular complexity index is 122. The summed E-state index contributed by atoms with van der Waals surface area (Å²) in [7, 11) is 0. The predicted octanol–water partition coefficient (Wildman–Crippen LogP) is 1.18. The highest BCUT2D eigenvalue weighted by molar-refractivity contribution is 4.63. The minimum absolute atomic E-state index is 0.360. The van der Waals surface area contributed by atoms with Crippen molar-refractivity contribution in [2.75, 3.05) is 26.4 Å². The van der Waals surface area contributed by atoms with Crippen LogP contribution in [0.2, 0.25) is 0 Å². The summed E-state index contributed by atoms with van der Waals surface area (Å²) in [6, 6.07) is 0.579. The molecule has 1 atom stereocenters. The molecule has 13 heavy (non-hydrogen) atoms. The molecule has 0 aromatic heterocycles. The van der Waals surface area contributed by atoms with Crippen LogP contribution in [-0.2, 0) is 9.47 Å². The van der Waals surface area contributed by atoms with Crippen LogP contribution in [0.25, 0.3) is 0 Å². The van der Waals surface area contributed by atoms with E-state index >= 15 is 0 Å². The van der Waals surface area contributed by atoms with Gasteiger partial charge in [-0.15, -0.1) is 0 Å². The topological polar surface area (TPSA) is 30.5 Å². The summed E-state index contributed by atoms with van der Waals surface area (Å²) in [4.78, 5) is 0. The van der Waals surface area contributed by atoms with E-state index in [2.05, 4.69) is 19.2 Å². The Morgan fingerprint density at radius 2 is 2.38 bits per heavy atom. The van der Waals surface area contributed by atoms with Gasteiger partial charge in [-0.05, 0) is 19.4 Å². The standard InChI is InChI=1S/C10H21NO2/c1-9(2)11-5-3-6-13-10-4-7-12-8-10/h9-11H,3-8H2,1-2H3. The quantitative estimate of drug-likeness (QED) is 0.633. The first-order valence-electron chi connectivity index (χ1n) is 5.22. The van der Waals surface area contributed by atoms with Gasteiger partial charge in [-0.1, -0.05) is 13.8 Å². The van der Waals surface area contributed by atoms with E-state index in [1.807, 2.05) is 0 Å². The molecule has 1 rings (SSSR count). The molecule has 1 saturated heterocycles. The molecule has 1 heterocycles. The monoisotopic (exact) mass is 187 g/mol. The van der Waals surface area contributed by atoms with Crippen molar-refractivity contribution in [3.05, 3.63) is 0 Å². The van der Waals surface area contributed by atoms with Crippen LogP contribution in [0.5, 0.6) is 0 Å². The second-order valence-corrected chi connectivity index (χ2v) is 3.82. The van der Waals surface area contributed by atoms with E-state index in [1.165, 1.54) is 0 Å². The van der Waals surface area contributed by atoms with E-state index in [9.17, 15) is 0 Å². The fourth-order valence-corrected chi connectivity index (χ4v) is 1.36. The molecular formula is C10H21NO2. The van der Waals surface area contributed by atoms with Crippen molar-refractivity contribution in [1.29, 1.82) is 0 Å². The Balaban J connectivity index is 1.83. The van der Waals surface area contributed by atoms with Crippen molar-refractivity contribution in [1.82, 2.24) is 5.32 Å². The Morgan fingerprint density at radius 1 is 1.54 bits per heavy atom. The van der Waals surface area contributed by atoms with E-state index in [4.69, 9.17) is 9.47 Å². The molecule has 0 aromatic rings. The Hall–Kier alpha value is -0.120. The van der Waals surface area contributed by atoms with Gasteiger partial charge in [0.15, 0.2) is 0 Å². The van der Waals surface area contributed by atoms with Crippen molar-refractivity contribution in [3.63, 3.8) is 0 Å². The van der Waals surface area contributed by atoms with Gasteiger partial charge in [0.1, 0.15) is 0 Å². The van der Waals surface area contributed by atoms with Crippen molar-refractivity contribution >= 4 is 0 Å². The minimum Gasteiger partial charge on any atom is -0.379 e. The van der Waals surface area contributed by atoms with Crippen molar-refractivity contribution in [3.8, 4) is 0 Å². The Labute approximate surface area is 80.8 Å². The fraction of sp³-hybridized carbons (Fsp3) is 1.00. The molecule has 0 aromatic carbocycles. The first-order chi connectivity index (χ1) is 6.29. The Morgan fingerprint density at radius 3 is 3.00 bits per heavy atom. The zero-order valence-electron chi connectivity index (χ0n) is 8.71. The largest absolute Gasteiger partial charge is 0.379 e. The van der Waals surface area contributed by atoms with Gasteiger partial charge in [0, 0.05) is 19.3 Å². The lowest BCUT2D eigenvalue weighted by atomic mass is 10.3. The van der Waals surface area contributed by atoms with Crippen LogP contribution >= 0.6 is 0 Å². The lowest BCUT2D eigenvalue weighted by Crippen LogP contribution is -2.25. The number of hydrogen-bond donors (Lipinski definition) is 1. The third-order valence-corrected chi connectivity index (χ3v) is 2.12. The summed E-state index contributed by atoms with van der Waals surface area (Å²) in [6.45, 7) is 7.88. The molecule has 1 aliphatic heterocycles. The smallest absolute Gasteiger partial charge is 0.0830 e. The lowest BCUT2D eigenvalue weighted by Gasteiger charge is -2.11. The summed E-state index contributed by atoms with van der Waals surface area (Å²) in [5.41, 5.74) is 0. The molecule has 0 radical (unpaired) electrons. The van der Waals surface area contributed by atoms with Crippen LogP contribution in [0.15, 0.2) is 0 Å². The maximum Gasteiger partial charge on any atom is 0.0830 e. The molecule has 0 spiro atoms. The highest BCUT2D eigenvalue weighted by Crippen LogP contribution is 2.07. The summed E-state index contributed by atoms with van der Waals surface area (Å²) in [5.74, 6) is 0. The van der Waals surface area contributed by atoms with E-state index < -0.39 is 0 Å². The van der Waals surface area contributed by atoms with Crippen molar-refractivity contribution in [2.45, 2.75) is 38.8 Å². The van der Waals surface area contributed by atoms with Crippen LogP contribution in [0.3, 0.4) is 0 Å². The first-order valence-corrected chi connectivity index (χ1v) is 5.22. The molecule has 0 bridgehead atoms. The van der Waals surface area contributed by atoms with Crippen molar-refractivity contribution < 1.29 is 9.47 Å². The van der Waals surface area contributed by atoms with E-state index in [1.54, 1.807) is 0 Å². The van der Waals surface area contributed by atoms with Crippen molar-refractivity contribution in [2.24, 2.45) is 0 Å². The number of ether oxygens (including phenoxy) is 2. The van der Waals surface area contributed by atoms with Crippen LogP contribution in [-0.4, -0.2) is 38.5 Å². The van der Waals surface area contributed by atoms with Gasteiger partial charge < -0.3 is 14.8 Å². The van der Waals surface area contributed by atoms with E-state index in [-0.39, 0.29) is 0 Å². The summed E-state index contributed by atoms with van der Waals surface area (Å²) < 4.78 is 10.8. The number of hydrogen-bond acceptors (Lipinski definition) is 3. The second-order valence-electron chi connectivity index (χ2n) is 3.82. The first kappa shape index (κ1) is 11.0. The van der Waals surface area contributed by atoms with E-state index in [0.717, 1.165) is 39.2 Å². The molecule has 1 fully saturated rings. The molecule has 1 unspecified atom stereocenters. The molecule has 0 amide bonds. The predicted molar refractivity (Wildman–Crippen MR) is 52.9 cm³/mol. The minimum atomic E-state index is 0.360. The zero-order chi connectivity index (χ0) is 9.52. The molecule has 0 saturated carbocycles. The number of rotatable bonds is 6. The third kappa shape index (κ3) is 5.24. The van der Waals surface area contributed by atoms with Crippen LogP contribution in [0.4, 0.5) is 0 Å². The van der Waals surface area contributed by atoms with Crippen LogP contribution < -0.4 is 5.32 Å². The average Bonchev–Trinajstić information content (AvgIpc) is 2.55. The molecular weight excluding hydrogens is 166 g/mol. The molecule has 1 aliphatic rings. The summed E-state index contributed by atoms with van der Waals surface area (Å²) in [5, 5.41) is 3.36. The van der Waals surface area contributed by atoms with E-state index in [0.29, 0.717) is 12.1 Å². The highest BCUT2D eigenvalue weighted by Gasteiger charge is 2.14. The summed E-state index contributed by atoms with van der Waals surface area (Å²) >= 11 is 0. The maximum atomic E-state index is 5.62. The van der Waals surface area contributed by atoms with Crippen LogP contribution in [0.1, 0.15) is 26.7 Å². The van der Waals surface area contributed by atoms with Gasteiger partial charge >= 0.3 is 0 Å². The fourth-order valence-electron chi connectivity index (χ4n) is 1.36. The molecule has 3 heteroatoms. The third-order valence-electron chi connectivity index (χ3n) is 2.12. The number of nitrogens with one attached hydrogen (secondary N) is 1. The highest BCUT2D eigenvalue weighted by atomic mass is 16.5. The van der Waals surface area contributed by atoms with Gasteiger partial charge in [0.25, 0.3) is 0 Å². The lowest BCUT2D eigenvalue weighted by molar-refractivity contribution is 0.0414. The van der Waals surface area contributed by atoms with Gasteiger partial charge in [0.05, 0.1) is 12.7 Å². The van der Waals surface area contributed by atoms with Gasteiger partial charge in [-0.25, -0.2) is 0 Å². The average molecular weight is 187 g/mol. The second kappa shape index (κ2) is 6.35. The normalized spacial score (nSPS) is 22.8. The Kier molecular flexibility index (Phi) is 5.35. The maximum absolute atomic E-state index is 5.62.